The van der Waals surface area contributed by atoms with Crippen molar-refractivity contribution in [3.63, 3.8) is 0 Å². The van der Waals surface area contributed by atoms with Gasteiger partial charge in [0, 0.05) is 0 Å². The van der Waals surface area contributed by atoms with Gasteiger partial charge in [-0.05, 0) is 37.5 Å². The fourth-order valence-corrected chi connectivity index (χ4v) is 4.78. The van der Waals surface area contributed by atoms with Gasteiger partial charge in [0.05, 0.1) is 30.3 Å². The SMILES string of the molecule is C=CC(O)[C@H](COCc1ccccc1)NS(=O)(=O)c1c(C)cc(C)cc1C. The Bertz CT molecular complexity index is 855. The number of aliphatic hydroxyl groups excluding tert-OH is 1. The van der Waals surface area contributed by atoms with Gasteiger partial charge in [0.2, 0.25) is 10.0 Å². The summed E-state index contributed by atoms with van der Waals surface area (Å²) in [5, 5.41) is 10.2. The molecule has 2 aromatic carbocycles. The Hall–Kier alpha value is -1.99. The van der Waals surface area contributed by atoms with Crippen molar-refractivity contribution < 1.29 is 18.3 Å². The number of aryl methyl sites for hydroxylation is 3. The Morgan fingerprint density at radius 3 is 2.30 bits per heavy atom. The molecule has 2 rings (SSSR count). The molecule has 2 aromatic rings. The lowest BCUT2D eigenvalue weighted by molar-refractivity contribution is 0.0659. The molecule has 27 heavy (non-hydrogen) atoms. The minimum absolute atomic E-state index is 0.0191. The third-order valence-corrected chi connectivity index (χ3v) is 6.04. The van der Waals surface area contributed by atoms with Crippen LogP contribution in [0, 0.1) is 20.8 Å². The van der Waals surface area contributed by atoms with Gasteiger partial charge in [0.1, 0.15) is 0 Å². The molecule has 0 fully saturated rings. The van der Waals surface area contributed by atoms with Gasteiger partial charge in [-0.3, -0.25) is 0 Å². The van der Waals surface area contributed by atoms with E-state index < -0.39 is 22.2 Å². The summed E-state index contributed by atoms with van der Waals surface area (Å²) in [4.78, 5) is 0.234. The molecule has 146 valence electrons. The summed E-state index contributed by atoms with van der Waals surface area (Å²) in [6.07, 6.45) is 0.232. The Morgan fingerprint density at radius 1 is 1.15 bits per heavy atom. The lowest BCUT2D eigenvalue weighted by Crippen LogP contribution is -2.45. The van der Waals surface area contributed by atoms with Crippen LogP contribution in [0.3, 0.4) is 0 Å². The molecule has 0 aromatic heterocycles. The van der Waals surface area contributed by atoms with Crippen LogP contribution in [0.4, 0.5) is 0 Å². The zero-order valence-electron chi connectivity index (χ0n) is 16.0. The van der Waals surface area contributed by atoms with E-state index in [1.807, 2.05) is 49.4 Å². The maximum atomic E-state index is 12.9. The first-order chi connectivity index (χ1) is 12.7. The topological polar surface area (TPSA) is 75.6 Å². The zero-order valence-corrected chi connectivity index (χ0v) is 16.8. The van der Waals surface area contributed by atoms with E-state index in [4.69, 9.17) is 4.74 Å². The van der Waals surface area contributed by atoms with Crippen molar-refractivity contribution in [3.8, 4) is 0 Å². The first-order valence-electron chi connectivity index (χ1n) is 8.77. The molecule has 6 heteroatoms. The first kappa shape index (κ1) is 21.3. The Labute approximate surface area is 161 Å². The van der Waals surface area contributed by atoms with Gasteiger partial charge in [0.15, 0.2) is 0 Å². The van der Waals surface area contributed by atoms with Crippen molar-refractivity contribution in [2.75, 3.05) is 6.61 Å². The summed E-state index contributed by atoms with van der Waals surface area (Å²) in [5.74, 6) is 0. The minimum atomic E-state index is -3.83. The fraction of sp³-hybridized carbons (Fsp3) is 0.333. The Balaban J connectivity index is 2.16. The van der Waals surface area contributed by atoms with E-state index in [1.165, 1.54) is 6.08 Å². The van der Waals surface area contributed by atoms with E-state index >= 15 is 0 Å². The zero-order chi connectivity index (χ0) is 20.0. The highest BCUT2D eigenvalue weighted by Gasteiger charge is 2.27. The lowest BCUT2D eigenvalue weighted by atomic mass is 10.1. The Kier molecular flexibility index (Phi) is 7.33. The van der Waals surface area contributed by atoms with E-state index in [0.717, 1.165) is 11.1 Å². The summed E-state index contributed by atoms with van der Waals surface area (Å²) in [5.41, 5.74) is 3.30. The summed E-state index contributed by atoms with van der Waals surface area (Å²) in [6.45, 7) is 9.35. The lowest BCUT2D eigenvalue weighted by Gasteiger charge is -2.23. The van der Waals surface area contributed by atoms with Crippen molar-refractivity contribution in [1.29, 1.82) is 0 Å². The number of sulfonamides is 1. The van der Waals surface area contributed by atoms with Gasteiger partial charge in [-0.25, -0.2) is 13.1 Å². The maximum absolute atomic E-state index is 12.9. The molecule has 0 amide bonds. The van der Waals surface area contributed by atoms with Crippen molar-refractivity contribution in [3.05, 3.63) is 77.4 Å². The smallest absolute Gasteiger partial charge is 0.241 e. The normalized spacial score (nSPS) is 13.9. The molecule has 0 aliphatic carbocycles. The monoisotopic (exact) mass is 389 g/mol. The molecular formula is C21H27NO4S. The molecule has 0 spiro atoms. The largest absolute Gasteiger partial charge is 0.387 e. The van der Waals surface area contributed by atoms with Crippen molar-refractivity contribution in [1.82, 2.24) is 4.72 Å². The highest BCUT2D eigenvalue weighted by Crippen LogP contribution is 2.22. The van der Waals surface area contributed by atoms with Gasteiger partial charge in [-0.1, -0.05) is 54.1 Å². The van der Waals surface area contributed by atoms with Crippen LogP contribution in [0.2, 0.25) is 0 Å². The van der Waals surface area contributed by atoms with Crippen LogP contribution < -0.4 is 4.72 Å². The number of nitrogens with one attached hydrogen (secondary N) is 1. The van der Waals surface area contributed by atoms with Crippen molar-refractivity contribution >= 4 is 10.0 Å². The van der Waals surface area contributed by atoms with Gasteiger partial charge in [0.25, 0.3) is 0 Å². The third kappa shape index (κ3) is 5.74. The molecule has 2 atom stereocenters. The number of ether oxygens (including phenoxy) is 1. The Morgan fingerprint density at radius 2 is 1.74 bits per heavy atom. The minimum Gasteiger partial charge on any atom is -0.387 e. The molecule has 0 aliphatic rings. The highest BCUT2D eigenvalue weighted by atomic mass is 32.2. The standard InChI is InChI=1S/C21H27NO4S/c1-5-20(23)19(14-26-13-18-9-7-6-8-10-18)22-27(24,25)21-16(3)11-15(2)12-17(21)4/h5-12,19-20,22-23H,1,13-14H2,2-4H3/t19-,20?/m0/s1. The molecule has 5 nitrogen and oxygen atoms in total. The predicted octanol–water partition coefficient (Wildman–Crippen LogP) is 3.02. The van der Waals surface area contributed by atoms with E-state index in [0.29, 0.717) is 17.7 Å². The summed E-state index contributed by atoms with van der Waals surface area (Å²) in [6, 6.07) is 12.4. The molecule has 0 radical (unpaired) electrons. The van der Waals surface area contributed by atoms with Crippen LogP contribution in [-0.2, 0) is 21.4 Å². The van der Waals surface area contributed by atoms with Gasteiger partial charge in [-0.15, -0.1) is 6.58 Å². The van der Waals surface area contributed by atoms with Crippen LogP contribution in [0.1, 0.15) is 22.3 Å². The van der Waals surface area contributed by atoms with Crippen LogP contribution >= 0.6 is 0 Å². The van der Waals surface area contributed by atoms with Gasteiger partial charge >= 0.3 is 0 Å². The maximum Gasteiger partial charge on any atom is 0.241 e. The van der Waals surface area contributed by atoms with E-state index in [1.54, 1.807) is 13.8 Å². The van der Waals surface area contributed by atoms with Gasteiger partial charge < -0.3 is 9.84 Å². The summed E-state index contributed by atoms with van der Waals surface area (Å²) >= 11 is 0. The fourth-order valence-electron chi connectivity index (χ4n) is 3.09. The molecule has 0 saturated heterocycles. The van der Waals surface area contributed by atoms with E-state index in [9.17, 15) is 13.5 Å². The number of aliphatic hydroxyl groups is 1. The van der Waals surface area contributed by atoms with Crippen LogP contribution in [0.15, 0.2) is 60.0 Å². The summed E-state index contributed by atoms with van der Waals surface area (Å²) < 4.78 is 34.1. The van der Waals surface area contributed by atoms with Crippen molar-refractivity contribution in [2.45, 2.75) is 44.4 Å². The van der Waals surface area contributed by atoms with Gasteiger partial charge in [-0.2, -0.15) is 0 Å². The molecule has 0 heterocycles. The van der Waals surface area contributed by atoms with Crippen molar-refractivity contribution in [2.24, 2.45) is 0 Å². The highest BCUT2D eigenvalue weighted by molar-refractivity contribution is 7.89. The third-order valence-electron chi connectivity index (χ3n) is 4.24. The van der Waals surface area contributed by atoms with E-state index in [-0.39, 0.29) is 11.5 Å². The molecule has 1 unspecified atom stereocenters. The van der Waals surface area contributed by atoms with Crippen LogP contribution in [0.25, 0.3) is 0 Å². The average molecular weight is 390 g/mol. The molecule has 0 aliphatic heterocycles. The molecule has 2 N–H and O–H groups in total. The van der Waals surface area contributed by atoms with Crippen LogP contribution in [-0.4, -0.2) is 32.3 Å². The number of hydrogen-bond acceptors (Lipinski definition) is 4. The summed E-state index contributed by atoms with van der Waals surface area (Å²) in [7, 11) is -3.83. The second-order valence-corrected chi connectivity index (χ2v) is 8.33. The van der Waals surface area contributed by atoms with Crippen LogP contribution in [0.5, 0.6) is 0 Å². The molecule has 0 saturated carbocycles. The molecular weight excluding hydrogens is 362 g/mol. The second kappa shape index (κ2) is 9.28. The van der Waals surface area contributed by atoms with E-state index in [2.05, 4.69) is 11.3 Å². The number of rotatable bonds is 9. The number of hydrogen-bond donors (Lipinski definition) is 2. The quantitative estimate of drug-likeness (QED) is 0.647. The second-order valence-electron chi connectivity index (χ2n) is 6.68. The first-order valence-corrected chi connectivity index (χ1v) is 10.3. The average Bonchev–Trinajstić information content (AvgIpc) is 2.59. The number of benzene rings is 2. The molecule has 0 bridgehead atoms. The predicted molar refractivity (Wildman–Crippen MR) is 107 cm³/mol.